The second kappa shape index (κ2) is 7.80. The molecule has 0 radical (unpaired) electrons. The molecule has 1 aliphatic heterocycles. The number of fused-ring (bicyclic) bond motifs is 1. The number of hydrogen-bond donors (Lipinski definition) is 0. The molecule has 0 N–H and O–H groups in total. The Labute approximate surface area is 174 Å². The summed E-state index contributed by atoms with van der Waals surface area (Å²) in [5.74, 6) is 1.43. The molecule has 1 aliphatic rings. The molecular formula is C21H26ClN5O2. The maximum atomic E-state index is 13.0. The van der Waals surface area contributed by atoms with Gasteiger partial charge < -0.3 is 4.57 Å². The zero-order valence-corrected chi connectivity index (χ0v) is 17.8. The Kier molecular flexibility index (Phi) is 5.36. The third-order valence-electron chi connectivity index (χ3n) is 5.82. The highest BCUT2D eigenvalue weighted by atomic mass is 35.5. The predicted molar refractivity (Wildman–Crippen MR) is 114 cm³/mol. The molecule has 0 aliphatic carbocycles. The van der Waals surface area contributed by atoms with Crippen molar-refractivity contribution >= 4 is 22.8 Å². The average Bonchev–Trinajstić information content (AvgIpc) is 3.04. The van der Waals surface area contributed by atoms with E-state index in [9.17, 15) is 9.59 Å². The molecule has 1 aromatic carbocycles. The van der Waals surface area contributed by atoms with Crippen LogP contribution in [0.15, 0.2) is 33.9 Å². The number of rotatable bonds is 4. The Morgan fingerprint density at radius 1 is 1.14 bits per heavy atom. The number of imidazole rings is 1. The maximum Gasteiger partial charge on any atom is 0.332 e. The molecule has 0 unspecified atom stereocenters. The Bertz CT molecular complexity index is 1180. The molecule has 3 aromatic rings. The van der Waals surface area contributed by atoms with Crippen LogP contribution in [-0.2, 0) is 27.2 Å². The summed E-state index contributed by atoms with van der Waals surface area (Å²) in [6.07, 6.45) is 2.40. The van der Waals surface area contributed by atoms with E-state index in [0.29, 0.717) is 35.2 Å². The minimum Gasteiger partial charge on any atom is -0.316 e. The Morgan fingerprint density at radius 3 is 2.62 bits per heavy atom. The lowest BCUT2D eigenvalue weighted by molar-refractivity contribution is 0.171. The molecule has 0 spiro atoms. The minimum atomic E-state index is -0.372. The lowest BCUT2D eigenvalue weighted by Crippen LogP contribution is -2.37. The van der Waals surface area contributed by atoms with Crippen molar-refractivity contribution in [2.45, 2.75) is 32.9 Å². The van der Waals surface area contributed by atoms with Crippen LogP contribution in [0.2, 0.25) is 5.02 Å². The lowest BCUT2D eigenvalue weighted by atomic mass is 10.0. The summed E-state index contributed by atoms with van der Waals surface area (Å²) in [5.41, 5.74) is 1.07. The molecule has 0 bridgehead atoms. The molecule has 2 aromatic heterocycles. The SMILES string of the molecule is C[C@@H]1CCCN(Cc2nc3c(c(=O)n(C)c(=O)n3C)n2Cc2ccccc2Cl)C1. The standard InChI is InChI=1S/C21H26ClN5O2/c1-14-7-6-10-26(11-14)13-17-23-19-18(20(28)25(3)21(29)24(19)2)27(17)12-15-8-4-5-9-16(15)22/h4-5,8-9,14H,6-7,10-13H2,1-3H3/t14-/m1/s1. The zero-order chi connectivity index (χ0) is 20.7. The fourth-order valence-electron chi connectivity index (χ4n) is 4.21. The molecule has 4 rings (SSSR count). The van der Waals surface area contributed by atoms with Gasteiger partial charge in [-0.3, -0.25) is 18.8 Å². The van der Waals surface area contributed by atoms with E-state index in [2.05, 4.69) is 11.8 Å². The first-order valence-electron chi connectivity index (χ1n) is 9.97. The summed E-state index contributed by atoms with van der Waals surface area (Å²) in [4.78, 5) is 32.5. The van der Waals surface area contributed by atoms with Gasteiger partial charge in [-0.25, -0.2) is 9.78 Å². The molecule has 1 saturated heterocycles. The average molecular weight is 416 g/mol. The molecule has 29 heavy (non-hydrogen) atoms. The van der Waals surface area contributed by atoms with Gasteiger partial charge >= 0.3 is 5.69 Å². The van der Waals surface area contributed by atoms with Crippen molar-refractivity contribution in [1.82, 2.24) is 23.6 Å². The van der Waals surface area contributed by atoms with Gasteiger partial charge in [0.15, 0.2) is 11.2 Å². The van der Waals surface area contributed by atoms with E-state index in [4.69, 9.17) is 16.6 Å². The van der Waals surface area contributed by atoms with Crippen LogP contribution >= 0.6 is 11.6 Å². The van der Waals surface area contributed by atoms with Crippen molar-refractivity contribution in [2.24, 2.45) is 20.0 Å². The van der Waals surface area contributed by atoms with Crippen LogP contribution in [0.25, 0.3) is 11.2 Å². The highest BCUT2D eigenvalue weighted by Gasteiger charge is 2.23. The van der Waals surface area contributed by atoms with Crippen LogP contribution in [0.4, 0.5) is 0 Å². The summed E-state index contributed by atoms with van der Waals surface area (Å²) in [7, 11) is 3.16. The topological polar surface area (TPSA) is 65.1 Å². The van der Waals surface area contributed by atoms with Crippen LogP contribution in [0.1, 0.15) is 31.2 Å². The lowest BCUT2D eigenvalue weighted by Gasteiger charge is -2.30. The van der Waals surface area contributed by atoms with Crippen molar-refractivity contribution in [3.63, 3.8) is 0 Å². The van der Waals surface area contributed by atoms with Gasteiger partial charge in [0.25, 0.3) is 5.56 Å². The molecule has 3 heterocycles. The van der Waals surface area contributed by atoms with Crippen LogP contribution in [0.5, 0.6) is 0 Å². The molecular weight excluding hydrogens is 390 g/mol. The fraction of sp³-hybridized carbons (Fsp3) is 0.476. The first-order chi connectivity index (χ1) is 13.9. The van der Waals surface area contributed by atoms with E-state index >= 15 is 0 Å². The predicted octanol–water partition coefficient (Wildman–Crippen LogP) is 2.37. The number of benzene rings is 1. The highest BCUT2D eigenvalue weighted by molar-refractivity contribution is 6.31. The third kappa shape index (κ3) is 3.65. The Morgan fingerprint density at radius 2 is 1.90 bits per heavy atom. The van der Waals surface area contributed by atoms with Crippen LogP contribution < -0.4 is 11.2 Å². The maximum absolute atomic E-state index is 13.0. The van der Waals surface area contributed by atoms with E-state index in [1.165, 1.54) is 18.0 Å². The van der Waals surface area contributed by atoms with Crippen LogP contribution in [0, 0.1) is 5.92 Å². The smallest absolute Gasteiger partial charge is 0.316 e. The molecule has 0 amide bonds. The van der Waals surface area contributed by atoms with Gasteiger partial charge in [0.1, 0.15) is 5.82 Å². The number of likely N-dealkylation sites (tertiary alicyclic amines) is 1. The van der Waals surface area contributed by atoms with E-state index in [1.807, 2.05) is 28.8 Å². The summed E-state index contributed by atoms with van der Waals surface area (Å²) >= 11 is 6.40. The summed E-state index contributed by atoms with van der Waals surface area (Å²) in [6.45, 7) is 5.35. The van der Waals surface area contributed by atoms with Gasteiger partial charge in [-0.05, 0) is 36.9 Å². The number of nitrogens with zero attached hydrogens (tertiary/aromatic N) is 5. The summed E-state index contributed by atoms with van der Waals surface area (Å²) in [6, 6.07) is 7.61. The van der Waals surface area contributed by atoms with Gasteiger partial charge in [-0.2, -0.15) is 0 Å². The van der Waals surface area contributed by atoms with Crippen LogP contribution in [0.3, 0.4) is 0 Å². The van der Waals surface area contributed by atoms with Gasteiger partial charge in [-0.1, -0.05) is 36.7 Å². The van der Waals surface area contributed by atoms with E-state index < -0.39 is 0 Å². The molecule has 1 fully saturated rings. The second-order valence-electron chi connectivity index (χ2n) is 8.07. The van der Waals surface area contributed by atoms with E-state index in [0.717, 1.165) is 35.5 Å². The van der Waals surface area contributed by atoms with Crippen molar-refractivity contribution in [3.8, 4) is 0 Å². The molecule has 1 atom stereocenters. The van der Waals surface area contributed by atoms with Crippen molar-refractivity contribution in [2.75, 3.05) is 13.1 Å². The number of hydrogen-bond acceptors (Lipinski definition) is 4. The fourth-order valence-corrected chi connectivity index (χ4v) is 4.41. The second-order valence-corrected chi connectivity index (χ2v) is 8.47. The van der Waals surface area contributed by atoms with E-state index in [-0.39, 0.29) is 11.2 Å². The summed E-state index contributed by atoms with van der Waals surface area (Å²) in [5, 5.41) is 0.647. The highest BCUT2D eigenvalue weighted by Crippen LogP contribution is 2.22. The van der Waals surface area contributed by atoms with Crippen molar-refractivity contribution in [1.29, 1.82) is 0 Å². The number of aromatic nitrogens is 4. The molecule has 8 heteroatoms. The van der Waals surface area contributed by atoms with Gasteiger partial charge in [0.2, 0.25) is 0 Å². The first kappa shape index (κ1) is 19.9. The number of halogens is 1. The van der Waals surface area contributed by atoms with Gasteiger partial charge in [-0.15, -0.1) is 0 Å². The quantitative estimate of drug-likeness (QED) is 0.656. The van der Waals surface area contributed by atoms with Gasteiger partial charge in [0.05, 0.1) is 13.1 Å². The third-order valence-corrected chi connectivity index (χ3v) is 6.19. The number of aryl methyl sites for hydroxylation is 1. The monoisotopic (exact) mass is 415 g/mol. The molecule has 0 saturated carbocycles. The largest absolute Gasteiger partial charge is 0.332 e. The normalized spacial score (nSPS) is 17.9. The molecule has 154 valence electrons. The van der Waals surface area contributed by atoms with E-state index in [1.54, 1.807) is 7.05 Å². The van der Waals surface area contributed by atoms with Crippen molar-refractivity contribution < 1.29 is 0 Å². The van der Waals surface area contributed by atoms with Crippen LogP contribution in [-0.4, -0.2) is 36.7 Å². The van der Waals surface area contributed by atoms with Crippen molar-refractivity contribution in [3.05, 3.63) is 61.5 Å². The Hall–Kier alpha value is -2.38. The zero-order valence-electron chi connectivity index (χ0n) is 17.1. The minimum absolute atomic E-state index is 0.332. The summed E-state index contributed by atoms with van der Waals surface area (Å²) < 4.78 is 4.51. The Balaban J connectivity index is 1.88. The van der Waals surface area contributed by atoms with Gasteiger partial charge in [0, 0.05) is 25.7 Å². The number of piperidine rings is 1. The first-order valence-corrected chi connectivity index (χ1v) is 10.4. The molecule has 7 nitrogen and oxygen atoms in total.